The van der Waals surface area contributed by atoms with E-state index in [9.17, 15) is 14.4 Å². The summed E-state index contributed by atoms with van der Waals surface area (Å²) in [6.45, 7) is 0.474. The van der Waals surface area contributed by atoms with Gasteiger partial charge < -0.3 is 21.8 Å². The van der Waals surface area contributed by atoms with Crippen molar-refractivity contribution in [1.29, 1.82) is 0 Å². The van der Waals surface area contributed by atoms with E-state index in [0.717, 1.165) is 11.1 Å². The highest BCUT2D eigenvalue weighted by Crippen LogP contribution is 2.34. The fourth-order valence-corrected chi connectivity index (χ4v) is 3.89. The summed E-state index contributed by atoms with van der Waals surface area (Å²) in [7, 11) is 0. The number of hydrogen-bond acceptors (Lipinski definition) is 6. The van der Waals surface area contributed by atoms with Gasteiger partial charge in [0.25, 0.3) is 17.7 Å². The van der Waals surface area contributed by atoms with Crippen molar-refractivity contribution in [1.82, 2.24) is 19.5 Å². The van der Waals surface area contributed by atoms with Gasteiger partial charge in [0.2, 0.25) is 0 Å². The summed E-state index contributed by atoms with van der Waals surface area (Å²) in [4.78, 5) is 46.9. The van der Waals surface area contributed by atoms with Gasteiger partial charge in [0, 0.05) is 23.9 Å². The standard InChI is InChI=1S/C23H21N7O3/c1-2-18(31)29-13-5-6-16(29)22-28-19(20(21(24)32)30(22)25)14-8-10-15(11-9-14)23(33)27-17-7-3-4-12-26-17/h1,3-4,7-12,16H,5-6,13,25H2,(H2,24,32)(H,26,27,33). The second kappa shape index (κ2) is 8.84. The summed E-state index contributed by atoms with van der Waals surface area (Å²) < 4.78 is 1.12. The van der Waals surface area contributed by atoms with Crippen LogP contribution in [0, 0.1) is 12.3 Å². The minimum Gasteiger partial charge on any atom is -0.364 e. The molecule has 1 saturated heterocycles. The number of rotatable bonds is 5. The molecule has 2 aromatic heterocycles. The first-order chi connectivity index (χ1) is 15.9. The Kier molecular flexibility index (Phi) is 5.78. The van der Waals surface area contributed by atoms with Crippen LogP contribution in [0.3, 0.4) is 0 Å². The summed E-state index contributed by atoms with van der Waals surface area (Å²) in [5.74, 6) is 7.47. The zero-order chi connectivity index (χ0) is 23.5. The highest BCUT2D eigenvalue weighted by molar-refractivity contribution is 6.04. The number of carbonyl (C=O) groups excluding carboxylic acids is 3. The first kappa shape index (κ1) is 21.6. The van der Waals surface area contributed by atoms with Gasteiger partial charge in [-0.15, -0.1) is 6.42 Å². The number of anilines is 1. The summed E-state index contributed by atoms with van der Waals surface area (Å²) in [6, 6.07) is 11.2. The molecule has 33 heavy (non-hydrogen) atoms. The molecule has 0 bridgehead atoms. The Hall–Kier alpha value is -4.65. The zero-order valence-electron chi connectivity index (χ0n) is 17.6. The minimum absolute atomic E-state index is 0.00399. The maximum Gasteiger partial charge on any atom is 0.298 e. The topological polar surface area (TPSA) is 149 Å². The number of benzene rings is 1. The number of nitrogens with zero attached hydrogens (tertiary/aromatic N) is 4. The van der Waals surface area contributed by atoms with E-state index in [-0.39, 0.29) is 17.3 Å². The molecule has 166 valence electrons. The Labute approximate surface area is 189 Å². The van der Waals surface area contributed by atoms with Gasteiger partial charge in [-0.25, -0.2) is 14.6 Å². The molecular weight excluding hydrogens is 422 g/mol. The van der Waals surface area contributed by atoms with Crippen LogP contribution in [0.5, 0.6) is 0 Å². The van der Waals surface area contributed by atoms with Crippen molar-refractivity contribution in [2.24, 2.45) is 5.73 Å². The van der Waals surface area contributed by atoms with Gasteiger partial charge in [0.05, 0.1) is 6.04 Å². The molecule has 1 atom stereocenters. The molecule has 1 aliphatic rings. The summed E-state index contributed by atoms with van der Waals surface area (Å²) in [6.07, 6.45) is 8.19. The average Bonchev–Trinajstić information content (AvgIpc) is 3.43. The largest absolute Gasteiger partial charge is 0.364 e. The molecule has 10 nitrogen and oxygen atoms in total. The zero-order valence-corrected chi connectivity index (χ0v) is 17.6. The lowest BCUT2D eigenvalue weighted by atomic mass is 10.1. The van der Waals surface area contributed by atoms with Crippen molar-refractivity contribution in [3.05, 3.63) is 65.7 Å². The summed E-state index contributed by atoms with van der Waals surface area (Å²) in [5, 5.41) is 2.70. The number of carbonyl (C=O) groups is 3. The number of amides is 3. The van der Waals surface area contributed by atoms with Crippen LogP contribution in [-0.2, 0) is 4.79 Å². The van der Waals surface area contributed by atoms with Crippen LogP contribution < -0.4 is 16.9 Å². The molecule has 1 unspecified atom stereocenters. The van der Waals surface area contributed by atoms with Gasteiger partial charge in [-0.05, 0) is 43.0 Å². The molecule has 0 spiro atoms. The Morgan fingerprint density at radius 3 is 2.55 bits per heavy atom. The van der Waals surface area contributed by atoms with Crippen LogP contribution in [0.4, 0.5) is 5.82 Å². The molecule has 1 fully saturated rings. The number of nitrogens with one attached hydrogen (secondary N) is 1. The maximum atomic E-state index is 12.5. The summed E-state index contributed by atoms with van der Waals surface area (Å²) >= 11 is 0. The number of primary amides is 1. The molecule has 3 heterocycles. The highest BCUT2D eigenvalue weighted by atomic mass is 16.2. The normalized spacial score (nSPS) is 15.1. The van der Waals surface area contributed by atoms with E-state index in [1.807, 2.05) is 0 Å². The molecule has 5 N–H and O–H groups in total. The van der Waals surface area contributed by atoms with Gasteiger partial charge in [-0.1, -0.05) is 18.2 Å². The minimum atomic E-state index is -0.768. The highest BCUT2D eigenvalue weighted by Gasteiger charge is 2.35. The fraction of sp³-hybridized carbons (Fsp3) is 0.174. The SMILES string of the molecule is C#CC(=O)N1CCCC1c1nc(-c2ccc(C(=O)Nc3ccccn3)cc2)c(C(N)=O)n1N. The van der Waals surface area contributed by atoms with Crippen LogP contribution in [0.2, 0.25) is 0 Å². The van der Waals surface area contributed by atoms with Crippen molar-refractivity contribution < 1.29 is 14.4 Å². The molecule has 10 heteroatoms. The molecule has 4 rings (SSSR count). The molecule has 0 radical (unpaired) electrons. The van der Waals surface area contributed by atoms with E-state index < -0.39 is 17.9 Å². The van der Waals surface area contributed by atoms with E-state index in [0.29, 0.717) is 35.7 Å². The van der Waals surface area contributed by atoms with Crippen molar-refractivity contribution in [3.8, 4) is 23.6 Å². The number of likely N-dealkylation sites (tertiary alicyclic amines) is 1. The number of terminal acetylenes is 1. The number of aromatic nitrogens is 3. The number of nitrogens with two attached hydrogens (primary N) is 2. The van der Waals surface area contributed by atoms with E-state index in [2.05, 4.69) is 21.2 Å². The van der Waals surface area contributed by atoms with E-state index in [1.165, 1.54) is 4.90 Å². The predicted octanol–water partition coefficient (Wildman–Crippen LogP) is 1.31. The predicted molar refractivity (Wildman–Crippen MR) is 121 cm³/mol. The Bertz CT molecular complexity index is 1260. The van der Waals surface area contributed by atoms with Gasteiger partial charge in [-0.2, -0.15) is 0 Å². The van der Waals surface area contributed by atoms with Crippen LogP contribution in [0.1, 0.15) is 45.6 Å². The molecule has 3 amide bonds. The van der Waals surface area contributed by atoms with Gasteiger partial charge in [-0.3, -0.25) is 14.4 Å². The van der Waals surface area contributed by atoms with Crippen LogP contribution >= 0.6 is 0 Å². The lowest BCUT2D eigenvalue weighted by molar-refractivity contribution is -0.126. The monoisotopic (exact) mass is 443 g/mol. The van der Waals surface area contributed by atoms with Gasteiger partial charge in [0.15, 0.2) is 11.5 Å². The number of hydrogen-bond donors (Lipinski definition) is 3. The Morgan fingerprint density at radius 2 is 1.91 bits per heavy atom. The third kappa shape index (κ3) is 4.12. The van der Waals surface area contributed by atoms with E-state index in [4.69, 9.17) is 18.0 Å². The smallest absolute Gasteiger partial charge is 0.298 e. The molecule has 3 aromatic rings. The lowest BCUT2D eigenvalue weighted by Gasteiger charge is -2.21. The quantitative estimate of drug-likeness (QED) is 0.400. The fourth-order valence-electron chi connectivity index (χ4n) is 3.89. The van der Waals surface area contributed by atoms with Gasteiger partial charge >= 0.3 is 0 Å². The molecule has 0 saturated carbocycles. The summed E-state index contributed by atoms with van der Waals surface area (Å²) in [5.41, 5.74) is 6.77. The molecule has 1 aliphatic heterocycles. The number of pyridine rings is 1. The second-order valence-corrected chi connectivity index (χ2v) is 7.45. The van der Waals surface area contributed by atoms with E-state index >= 15 is 0 Å². The second-order valence-electron chi connectivity index (χ2n) is 7.45. The number of imidazole rings is 1. The lowest BCUT2D eigenvalue weighted by Crippen LogP contribution is -2.33. The van der Waals surface area contributed by atoms with E-state index in [1.54, 1.807) is 48.7 Å². The van der Waals surface area contributed by atoms with Crippen LogP contribution in [0.15, 0.2) is 48.7 Å². The van der Waals surface area contributed by atoms with Crippen molar-refractivity contribution in [2.75, 3.05) is 17.7 Å². The van der Waals surface area contributed by atoms with Gasteiger partial charge in [0.1, 0.15) is 11.5 Å². The Balaban J connectivity index is 1.65. The maximum absolute atomic E-state index is 12.5. The first-order valence-electron chi connectivity index (χ1n) is 10.2. The van der Waals surface area contributed by atoms with Crippen LogP contribution in [-0.4, -0.2) is 43.8 Å². The van der Waals surface area contributed by atoms with Crippen LogP contribution in [0.25, 0.3) is 11.3 Å². The molecular formula is C23H21N7O3. The third-order valence-electron chi connectivity index (χ3n) is 5.43. The van der Waals surface area contributed by atoms with Crippen molar-refractivity contribution in [2.45, 2.75) is 18.9 Å². The Morgan fingerprint density at radius 1 is 1.15 bits per heavy atom. The third-order valence-corrected chi connectivity index (χ3v) is 5.43. The number of nitrogen functional groups attached to an aromatic ring is 1. The molecule has 0 aliphatic carbocycles. The molecule has 1 aromatic carbocycles. The van der Waals surface area contributed by atoms with Crippen molar-refractivity contribution >= 4 is 23.5 Å². The first-order valence-corrected chi connectivity index (χ1v) is 10.2. The average molecular weight is 443 g/mol. The van der Waals surface area contributed by atoms with Crippen molar-refractivity contribution in [3.63, 3.8) is 0 Å².